The Hall–Kier alpha value is -2.44. The molecule has 0 fully saturated rings. The number of rotatable bonds is 2. The summed E-state index contributed by atoms with van der Waals surface area (Å²) in [5, 5.41) is 3.66. The quantitative estimate of drug-likeness (QED) is 0.820. The van der Waals surface area contributed by atoms with Crippen LogP contribution in [0.1, 0.15) is 27.4 Å². The molecule has 7 heteroatoms. The molecule has 3 heterocycles. The number of ether oxygens (including phenoxy) is 1. The molecule has 0 radical (unpaired) electrons. The van der Waals surface area contributed by atoms with Crippen LogP contribution < -0.4 is 4.74 Å². The molecule has 2 aromatic heterocycles. The number of carbonyl (C=O) groups excluding carboxylic acids is 1. The molecule has 0 unspecified atom stereocenters. The second kappa shape index (κ2) is 5.51. The van der Waals surface area contributed by atoms with Gasteiger partial charge in [-0.3, -0.25) is 4.79 Å². The van der Waals surface area contributed by atoms with Crippen LogP contribution in [0.15, 0.2) is 17.0 Å². The van der Waals surface area contributed by atoms with E-state index in [-0.39, 0.29) is 5.91 Å². The molecule has 0 spiro atoms. The fraction of sp³-hybridized carbons (Fsp3) is 0.429. The smallest absolute Gasteiger partial charge is 0.259 e. The molecule has 1 amide bonds. The lowest BCUT2D eigenvalue weighted by atomic mass is 10.1. The van der Waals surface area contributed by atoms with Crippen LogP contribution in [-0.2, 0) is 12.8 Å². The third-order valence-corrected chi connectivity index (χ3v) is 3.71. The Morgan fingerprint density at radius 2 is 2.14 bits per heavy atom. The minimum Gasteiger partial charge on any atom is -0.481 e. The zero-order chi connectivity index (χ0) is 14.8. The number of amides is 1. The van der Waals surface area contributed by atoms with Crippen molar-refractivity contribution in [3.05, 3.63) is 35.1 Å². The van der Waals surface area contributed by atoms with Gasteiger partial charge >= 0.3 is 0 Å². The van der Waals surface area contributed by atoms with E-state index in [4.69, 9.17) is 9.26 Å². The van der Waals surface area contributed by atoms with E-state index < -0.39 is 0 Å². The molecule has 2 aromatic rings. The molecule has 0 atom stereocenters. The number of aryl methyl sites for hydroxylation is 1. The summed E-state index contributed by atoms with van der Waals surface area (Å²) in [6.45, 7) is 2.94. The minimum atomic E-state index is -0.0616. The zero-order valence-corrected chi connectivity index (χ0v) is 12.0. The van der Waals surface area contributed by atoms with Gasteiger partial charge in [0.25, 0.3) is 5.91 Å². The summed E-state index contributed by atoms with van der Waals surface area (Å²) in [5.74, 6) is 1.07. The van der Waals surface area contributed by atoms with Gasteiger partial charge in [-0.15, -0.1) is 0 Å². The van der Waals surface area contributed by atoms with Crippen molar-refractivity contribution in [2.24, 2.45) is 0 Å². The second-order valence-electron chi connectivity index (χ2n) is 4.90. The molecule has 0 N–H and O–H groups in total. The normalized spacial score (nSPS) is 14.5. The van der Waals surface area contributed by atoms with Gasteiger partial charge in [0.15, 0.2) is 0 Å². The lowest BCUT2D eigenvalue weighted by Gasteiger charge is -2.19. The molecule has 1 aliphatic rings. The van der Waals surface area contributed by atoms with Crippen LogP contribution in [0.2, 0.25) is 0 Å². The van der Waals surface area contributed by atoms with E-state index in [1.165, 1.54) is 12.5 Å². The molecule has 0 saturated carbocycles. The summed E-state index contributed by atoms with van der Waals surface area (Å²) < 4.78 is 10.2. The lowest BCUT2D eigenvalue weighted by molar-refractivity contribution is 0.0761. The molecular weight excluding hydrogens is 272 g/mol. The minimum absolute atomic E-state index is 0.0616. The fourth-order valence-corrected chi connectivity index (χ4v) is 2.55. The van der Waals surface area contributed by atoms with Crippen molar-refractivity contribution in [3.8, 4) is 5.88 Å². The zero-order valence-electron chi connectivity index (χ0n) is 12.0. The Morgan fingerprint density at radius 3 is 2.86 bits per heavy atom. The first-order chi connectivity index (χ1) is 10.2. The van der Waals surface area contributed by atoms with Crippen LogP contribution in [0.4, 0.5) is 0 Å². The Bertz CT molecular complexity index is 668. The van der Waals surface area contributed by atoms with E-state index >= 15 is 0 Å². The molecule has 1 aliphatic heterocycles. The first-order valence-corrected chi connectivity index (χ1v) is 6.78. The van der Waals surface area contributed by atoms with Crippen LogP contribution in [0.3, 0.4) is 0 Å². The van der Waals surface area contributed by atoms with Crippen molar-refractivity contribution in [1.82, 2.24) is 20.0 Å². The monoisotopic (exact) mass is 288 g/mol. The lowest BCUT2D eigenvalue weighted by Crippen LogP contribution is -2.33. The number of fused-ring (bicyclic) bond motifs is 1. The van der Waals surface area contributed by atoms with Gasteiger partial charge in [0.1, 0.15) is 17.7 Å². The van der Waals surface area contributed by atoms with Crippen molar-refractivity contribution < 1.29 is 14.1 Å². The van der Waals surface area contributed by atoms with Crippen LogP contribution in [0.5, 0.6) is 5.88 Å². The first kappa shape index (κ1) is 13.5. The van der Waals surface area contributed by atoms with Gasteiger partial charge in [0.2, 0.25) is 5.88 Å². The van der Waals surface area contributed by atoms with E-state index in [1.807, 2.05) is 0 Å². The summed E-state index contributed by atoms with van der Waals surface area (Å²) in [6.07, 6.45) is 4.33. The predicted octanol–water partition coefficient (Wildman–Crippen LogP) is 1.02. The van der Waals surface area contributed by atoms with Gasteiger partial charge in [0.05, 0.1) is 19.0 Å². The molecule has 0 aromatic carbocycles. The van der Waals surface area contributed by atoms with Crippen molar-refractivity contribution in [2.75, 3.05) is 20.2 Å². The maximum Gasteiger partial charge on any atom is 0.259 e. The number of hydrogen-bond acceptors (Lipinski definition) is 6. The highest BCUT2D eigenvalue weighted by atomic mass is 16.5. The second-order valence-corrected chi connectivity index (χ2v) is 4.90. The van der Waals surface area contributed by atoms with Crippen molar-refractivity contribution in [3.63, 3.8) is 0 Å². The Labute approximate surface area is 121 Å². The summed E-state index contributed by atoms with van der Waals surface area (Å²) in [6, 6.07) is 0. The van der Waals surface area contributed by atoms with Gasteiger partial charge in [0, 0.05) is 25.1 Å². The number of methoxy groups -OCH3 is 1. The molecule has 0 saturated heterocycles. The highest BCUT2D eigenvalue weighted by Crippen LogP contribution is 2.22. The number of carbonyl (C=O) groups is 1. The van der Waals surface area contributed by atoms with Crippen molar-refractivity contribution >= 4 is 5.91 Å². The maximum atomic E-state index is 12.5. The van der Waals surface area contributed by atoms with Crippen molar-refractivity contribution in [1.29, 1.82) is 0 Å². The first-order valence-electron chi connectivity index (χ1n) is 6.78. The Morgan fingerprint density at radius 1 is 1.33 bits per heavy atom. The predicted molar refractivity (Wildman–Crippen MR) is 73.1 cm³/mol. The van der Waals surface area contributed by atoms with Gasteiger partial charge in [-0.1, -0.05) is 5.16 Å². The van der Waals surface area contributed by atoms with E-state index in [9.17, 15) is 4.79 Å². The average molecular weight is 288 g/mol. The van der Waals surface area contributed by atoms with Gasteiger partial charge < -0.3 is 14.2 Å². The van der Waals surface area contributed by atoms with Crippen molar-refractivity contribution in [2.45, 2.75) is 19.8 Å². The maximum absolute atomic E-state index is 12.5. The van der Waals surface area contributed by atoms with Crippen LogP contribution >= 0.6 is 0 Å². The Balaban J connectivity index is 1.82. The van der Waals surface area contributed by atoms with E-state index in [1.54, 1.807) is 18.9 Å². The molecule has 0 bridgehead atoms. The molecule has 0 aliphatic carbocycles. The highest BCUT2D eigenvalue weighted by molar-refractivity contribution is 5.94. The van der Waals surface area contributed by atoms with Crippen LogP contribution in [0, 0.1) is 6.92 Å². The van der Waals surface area contributed by atoms with Crippen LogP contribution in [-0.4, -0.2) is 46.1 Å². The number of aromatic nitrogens is 3. The number of nitrogens with zero attached hydrogens (tertiary/aromatic N) is 4. The third-order valence-electron chi connectivity index (χ3n) is 3.71. The fourth-order valence-electron chi connectivity index (χ4n) is 2.55. The van der Waals surface area contributed by atoms with Gasteiger partial charge in [-0.25, -0.2) is 9.97 Å². The third kappa shape index (κ3) is 2.46. The number of hydrogen-bond donors (Lipinski definition) is 0. The SMILES string of the molecule is COc1ncnc2c1CCN(C(=O)c1cnoc1C)CC2. The molecule has 7 nitrogen and oxygen atoms in total. The van der Waals surface area contributed by atoms with Gasteiger partial charge in [-0.2, -0.15) is 0 Å². The largest absolute Gasteiger partial charge is 0.481 e. The van der Waals surface area contributed by atoms with Gasteiger partial charge in [-0.05, 0) is 13.3 Å². The molecule has 21 heavy (non-hydrogen) atoms. The van der Waals surface area contributed by atoms with E-state index in [0.717, 1.165) is 11.3 Å². The molecular formula is C14H16N4O3. The molecule has 3 rings (SSSR count). The summed E-state index contributed by atoms with van der Waals surface area (Å²) in [5.41, 5.74) is 2.44. The van der Waals surface area contributed by atoms with Crippen LogP contribution in [0.25, 0.3) is 0 Å². The highest BCUT2D eigenvalue weighted by Gasteiger charge is 2.24. The Kier molecular flexibility index (Phi) is 3.55. The standard InChI is InChI=1S/C14H16N4O3/c1-9-11(7-17-21-9)14(19)18-5-3-10-12(4-6-18)15-8-16-13(10)20-2/h7-8H,3-6H2,1-2H3. The molecule has 110 valence electrons. The summed E-state index contributed by atoms with van der Waals surface area (Å²) >= 11 is 0. The average Bonchev–Trinajstić information content (AvgIpc) is 2.81. The van der Waals surface area contributed by atoms with E-state index in [0.29, 0.717) is 43.1 Å². The summed E-state index contributed by atoms with van der Waals surface area (Å²) in [4.78, 5) is 22.7. The summed E-state index contributed by atoms with van der Waals surface area (Å²) in [7, 11) is 1.59. The van der Waals surface area contributed by atoms with E-state index in [2.05, 4.69) is 15.1 Å². The topological polar surface area (TPSA) is 81.4 Å².